The standard InChI is InChI=1S/C11H16N4O5S/c1-8-6-9(12)10(15(16)17)7-11(8)21(18,19)13-14-2-4-20-5-3-14/h6-7,13H,2-5,12H2,1H3. The highest BCUT2D eigenvalue weighted by Crippen LogP contribution is 2.28. The maximum Gasteiger partial charge on any atom is 0.293 e. The summed E-state index contributed by atoms with van der Waals surface area (Å²) in [7, 11) is -3.90. The van der Waals surface area contributed by atoms with E-state index < -0.39 is 20.6 Å². The number of ether oxygens (including phenoxy) is 1. The average molecular weight is 316 g/mol. The van der Waals surface area contributed by atoms with Gasteiger partial charge in [-0.15, -0.1) is 4.83 Å². The van der Waals surface area contributed by atoms with Gasteiger partial charge in [0.25, 0.3) is 15.7 Å². The van der Waals surface area contributed by atoms with Crippen molar-refractivity contribution in [2.45, 2.75) is 11.8 Å². The molecule has 1 aromatic carbocycles. The number of hydrogen-bond donors (Lipinski definition) is 2. The van der Waals surface area contributed by atoms with Crippen molar-refractivity contribution in [1.82, 2.24) is 9.84 Å². The molecule has 116 valence electrons. The second-order valence-electron chi connectivity index (χ2n) is 4.63. The number of nitro groups is 1. The highest BCUT2D eigenvalue weighted by Gasteiger charge is 2.25. The van der Waals surface area contributed by atoms with Crippen molar-refractivity contribution in [2.24, 2.45) is 0 Å². The van der Waals surface area contributed by atoms with Crippen LogP contribution in [-0.2, 0) is 14.8 Å². The molecule has 21 heavy (non-hydrogen) atoms. The lowest BCUT2D eigenvalue weighted by molar-refractivity contribution is -0.384. The van der Waals surface area contributed by atoms with Gasteiger partial charge in [0.2, 0.25) is 0 Å². The molecule has 9 nitrogen and oxygen atoms in total. The number of nitrogen functional groups attached to an aromatic ring is 1. The van der Waals surface area contributed by atoms with Crippen LogP contribution in [0.25, 0.3) is 0 Å². The van der Waals surface area contributed by atoms with E-state index in [9.17, 15) is 18.5 Å². The lowest BCUT2D eigenvalue weighted by atomic mass is 10.2. The SMILES string of the molecule is Cc1cc(N)c([N+](=O)[O-])cc1S(=O)(=O)NN1CCOCC1. The highest BCUT2D eigenvalue weighted by atomic mass is 32.2. The molecule has 0 amide bonds. The van der Waals surface area contributed by atoms with Crippen LogP contribution in [0, 0.1) is 17.0 Å². The number of hydrazine groups is 1. The summed E-state index contributed by atoms with van der Waals surface area (Å²) in [5.74, 6) is 0. The van der Waals surface area contributed by atoms with E-state index in [1.165, 1.54) is 18.0 Å². The van der Waals surface area contributed by atoms with E-state index >= 15 is 0 Å². The van der Waals surface area contributed by atoms with E-state index in [2.05, 4.69) is 4.83 Å². The number of nitrogens with zero attached hydrogens (tertiary/aromatic N) is 2. The molecule has 0 unspecified atom stereocenters. The number of rotatable bonds is 4. The highest BCUT2D eigenvalue weighted by molar-refractivity contribution is 7.89. The fourth-order valence-corrected chi connectivity index (χ4v) is 3.39. The maximum absolute atomic E-state index is 12.4. The number of aryl methyl sites for hydroxylation is 1. The minimum Gasteiger partial charge on any atom is -0.393 e. The maximum atomic E-state index is 12.4. The monoisotopic (exact) mass is 316 g/mol. The summed E-state index contributed by atoms with van der Waals surface area (Å²) >= 11 is 0. The molecule has 1 saturated heterocycles. The van der Waals surface area contributed by atoms with E-state index in [0.717, 1.165) is 6.07 Å². The van der Waals surface area contributed by atoms with Crippen molar-refractivity contribution in [3.63, 3.8) is 0 Å². The quantitative estimate of drug-likeness (QED) is 0.455. The molecule has 2 rings (SSSR count). The van der Waals surface area contributed by atoms with Crippen molar-refractivity contribution in [3.05, 3.63) is 27.8 Å². The van der Waals surface area contributed by atoms with Crippen molar-refractivity contribution >= 4 is 21.4 Å². The molecular weight excluding hydrogens is 300 g/mol. The number of nitrogens with one attached hydrogen (secondary N) is 1. The second kappa shape index (κ2) is 5.93. The van der Waals surface area contributed by atoms with Gasteiger partial charge in [-0.25, -0.2) is 13.4 Å². The van der Waals surface area contributed by atoms with Gasteiger partial charge in [0, 0.05) is 19.2 Å². The molecular formula is C11H16N4O5S. The van der Waals surface area contributed by atoms with Crippen LogP contribution in [0.4, 0.5) is 11.4 Å². The molecule has 1 aromatic rings. The Labute approximate surface area is 121 Å². The number of morpholine rings is 1. The third-order valence-corrected chi connectivity index (χ3v) is 4.59. The van der Waals surface area contributed by atoms with Gasteiger partial charge in [-0.2, -0.15) is 0 Å². The summed E-state index contributed by atoms with van der Waals surface area (Å²) in [6.45, 7) is 3.20. The Bertz CT molecular complexity index is 655. The summed E-state index contributed by atoms with van der Waals surface area (Å²) in [5, 5.41) is 12.4. The Balaban J connectivity index is 2.34. The molecule has 1 aliphatic rings. The minimum absolute atomic E-state index is 0.0668. The van der Waals surface area contributed by atoms with E-state index in [4.69, 9.17) is 10.5 Å². The van der Waals surface area contributed by atoms with Crippen LogP contribution >= 0.6 is 0 Å². The molecule has 1 heterocycles. The topological polar surface area (TPSA) is 128 Å². The predicted octanol–water partition coefficient (Wildman–Crippen LogP) is 0.0109. The largest absolute Gasteiger partial charge is 0.393 e. The van der Waals surface area contributed by atoms with E-state index in [0.29, 0.717) is 31.9 Å². The molecule has 0 saturated carbocycles. The Hall–Kier alpha value is -1.75. The van der Waals surface area contributed by atoms with E-state index in [-0.39, 0.29) is 10.6 Å². The summed E-state index contributed by atoms with van der Waals surface area (Å²) in [6, 6.07) is 2.26. The molecule has 0 aliphatic carbocycles. The smallest absolute Gasteiger partial charge is 0.293 e. The molecule has 10 heteroatoms. The lowest BCUT2D eigenvalue weighted by Crippen LogP contribution is -2.48. The summed E-state index contributed by atoms with van der Waals surface area (Å²) in [4.78, 5) is 12.4. The van der Waals surface area contributed by atoms with Crippen LogP contribution in [0.1, 0.15) is 5.56 Å². The fourth-order valence-electron chi connectivity index (χ4n) is 2.02. The van der Waals surface area contributed by atoms with Crippen molar-refractivity contribution < 1.29 is 18.1 Å². The molecule has 0 radical (unpaired) electrons. The Morgan fingerprint density at radius 3 is 2.57 bits per heavy atom. The molecule has 0 spiro atoms. The molecule has 3 N–H and O–H groups in total. The zero-order valence-electron chi connectivity index (χ0n) is 11.4. The van der Waals surface area contributed by atoms with Gasteiger partial charge in [0.1, 0.15) is 5.69 Å². The Morgan fingerprint density at radius 1 is 1.38 bits per heavy atom. The predicted molar refractivity (Wildman–Crippen MR) is 75.0 cm³/mol. The third-order valence-electron chi connectivity index (χ3n) is 3.07. The van der Waals surface area contributed by atoms with Crippen LogP contribution in [0.15, 0.2) is 17.0 Å². The van der Waals surface area contributed by atoms with Gasteiger partial charge in [-0.05, 0) is 18.6 Å². The number of anilines is 1. The fraction of sp³-hybridized carbons (Fsp3) is 0.455. The lowest BCUT2D eigenvalue weighted by Gasteiger charge is -2.27. The van der Waals surface area contributed by atoms with Crippen LogP contribution in [0.2, 0.25) is 0 Å². The summed E-state index contributed by atoms with van der Waals surface area (Å²) in [6.07, 6.45) is 0. The first kappa shape index (κ1) is 15.6. The van der Waals surface area contributed by atoms with Gasteiger partial charge in [0.15, 0.2) is 0 Å². The molecule has 1 aliphatic heterocycles. The number of benzene rings is 1. The minimum atomic E-state index is -3.90. The Kier molecular flexibility index (Phi) is 4.42. The number of nitro benzene ring substituents is 1. The van der Waals surface area contributed by atoms with E-state index in [1.807, 2.05) is 0 Å². The summed E-state index contributed by atoms with van der Waals surface area (Å²) in [5.41, 5.74) is 5.39. The number of sulfonamides is 1. The third kappa shape index (κ3) is 3.47. The van der Waals surface area contributed by atoms with Crippen molar-refractivity contribution in [3.8, 4) is 0 Å². The van der Waals surface area contributed by atoms with Crippen LogP contribution in [-0.4, -0.2) is 44.7 Å². The first-order chi connectivity index (χ1) is 9.81. The zero-order chi connectivity index (χ0) is 15.6. The summed E-state index contributed by atoms with van der Waals surface area (Å²) < 4.78 is 29.8. The Morgan fingerprint density at radius 2 is 2.00 bits per heavy atom. The number of hydrogen-bond acceptors (Lipinski definition) is 7. The first-order valence-electron chi connectivity index (χ1n) is 6.21. The normalized spacial score (nSPS) is 16.8. The van der Waals surface area contributed by atoms with Crippen LogP contribution in [0.5, 0.6) is 0 Å². The second-order valence-corrected chi connectivity index (χ2v) is 6.26. The van der Waals surface area contributed by atoms with Crippen LogP contribution < -0.4 is 10.6 Å². The van der Waals surface area contributed by atoms with Crippen molar-refractivity contribution in [1.29, 1.82) is 0 Å². The van der Waals surface area contributed by atoms with Gasteiger partial charge in [0.05, 0.1) is 23.0 Å². The van der Waals surface area contributed by atoms with Gasteiger partial charge >= 0.3 is 0 Å². The molecule has 0 aromatic heterocycles. The van der Waals surface area contributed by atoms with Gasteiger partial charge in [-0.3, -0.25) is 10.1 Å². The molecule has 0 atom stereocenters. The van der Waals surface area contributed by atoms with Gasteiger partial charge in [-0.1, -0.05) is 0 Å². The van der Waals surface area contributed by atoms with Crippen molar-refractivity contribution in [2.75, 3.05) is 32.0 Å². The molecule has 0 bridgehead atoms. The molecule has 1 fully saturated rings. The average Bonchev–Trinajstić information content (AvgIpc) is 2.38. The van der Waals surface area contributed by atoms with Gasteiger partial charge < -0.3 is 10.5 Å². The van der Waals surface area contributed by atoms with E-state index in [1.54, 1.807) is 0 Å². The first-order valence-corrected chi connectivity index (χ1v) is 7.69. The zero-order valence-corrected chi connectivity index (χ0v) is 12.2. The van der Waals surface area contributed by atoms with Crippen LogP contribution in [0.3, 0.4) is 0 Å². The number of nitrogens with two attached hydrogens (primary N) is 1.